The molecule has 2 aromatic rings. The first-order valence-corrected chi connectivity index (χ1v) is 15.7. The van der Waals surface area contributed by atoms with Crippen LogP contribution in [0, 0.1) is 22.7 Å². The highest BCUT2D eigenvalue weighted by Gasteiger charge is 2.70. The van der Waals surface area contributed by atoms with Gasteiger partial charge in [-0.25, -0.2) is 9.59 Å². The molecule has 41 heavy (non-hydrogen) atoms. The molecule has 0 bridgehead atoms. The molecule has 2 aromatic heterocycles. The molecule has 0 amide bonds. The Bertz CT molecular complexity index is 1370. The van der Waals surface area contributed by atoms with Crippen molar-refractivity contribution in [3.8, 4) is 0 Å². The lowest BCUT2D eigenvalue weighted by atomic mass is 9.43. The second-order valence-corrected chi connectivity index (χ2v) is 14.2. The number of halogens is 2. The van der Waals surface area contributed by atoms with Gasteiger partial charge in [0.1, 0.15) is 24.9 Å². The maximum atomic E-state index is 13.2. The van der Waals surface area contributed by atoms with Crippen LogP contribution in [0.4, 0.5) is 0 Å². The van der Waals surface area contributed by atoms with E-state index in [-0.39, 0.29) is 54.4 Å². The molecule has 2 unspecified atom stereocenters. The normalized spacial score (nSPS) is 38.2. The van der Waals surface area contributed by atoms with E-state index in [2.05, 4.69) is 45.7 Å². The Morgan fingerprint density at radius 3 is 2.24 bits per heavy atom. The molecule has 7 atom stereocenters. The van der Waals surface area contributed by atoms with E-state index in [0.717, 1.165) is 32.1 Å². The molecule has 2 saturated heterocycles. The fraction of sp³-hybridized carbons (Fsp3) is 0.633. The molecule has 4 aliphatic rings. The van der Waals surface area contributed by atoms with Crippen molar-refractivity contribution in [1.82, 2.24) is 0 Å². The zero-order valence-corrected chi connectivity index (χ0v) is 26.5. The van der Waals surface area contributed by atoms with Crippen LogP contribution < -0.4 is 0 Å². The molecule has 4 fully saturated rings. The summed E-state index contributed by atoms with van der Waals surface area (Å²) in [6, 6.07) is 6.41. The number of ether oxygens (including phenoxy) is 4. The van der Waals surface area contributed by atoms with E-state index in [1.54, 1.807) is 24.3 Å². The smallest absolute Gasteiger partial charge is 0.374 e. The summed E-state index contributed by atoms with van der Waals surface area (Å²) >= 11 is 6.48. The SMILES string of the molecule is C[C@@H]1CCC2[C@](C)(COC(=O)c3ccc(Br)o3)[C@@H](OC(=O)c3ccc(Br)o3)CC[C@]2(C)[C@@]12CCC1(COC(=O)C1)O2. The lowest BCUT2D eigenvalue weighted by molar-refractivity contribution is -0.265. The minimum Gasteiger partial charge on any atom is -0.463 e. The lowest BCUT2D eigenvalue weighted by Gasteiger charge is -2.65. The molecule has 0 aromatic carbocycles. The van der Waals surface area contributed by atoms with Crippen LogP contribution in [0.2, 0.25) is 0 Å². The molecule has 6 rings (SSSR count). The monoisotopic (exact) mass is 696 g/mol. The van der Waals surface area contributed by atoms with Gasteiger partial charge in [-0.05, 0) is 106 Å². The van der Waals surface area contributed by atoms with Gasteiger partial charge in [0.25, 0.3) is 0 Å². The summed E-state index contributed by atoms with van der Waals surface area (Å²) in [5.41, 5.74) is -2.14. The Morgan fingerprint density at radius 1 is 0.951 bits per heavy atom. The highest BCUT2D eigenvalue weighted by atomic mass is 79.9. The number of carbonyl (C=O) groups excluding carboxylic acids is 3. The van der Waals surface area contributed by atoms with Gasteiger partial charge in [0.15, 0.2) is 9.34 Å². The van der Waals surface area contributed by atoms with Crippen LogP contribution in [0.5, 0.6) is 0 Å². The second-order valence-electron chi connectivity index (χ2n) is 12.7. The first kappa shape index (κ1) is 29.0. The van der Waals surface area contributed by atoms with Gasteiger partial charge < -0.3 is 27.8 Å². The molecule has 11 heteroatoms. The standard InChI is InChI=1S/C30H34Br2O9/c1-17-4-7-20-27(2,15-37-25(34)18-5-8-22(31)38-18)21(40-26(35)19-6-9-23(32)39-19)10-11-28(20,3)30(17)13-12-29(41-30)14-24(33)36-16-29/h5-6,8-9,17,20-21H,4,7,10-16H2,1-3H3/t17-,20?,21+,27+,28+,29?,30-/m1/s1. The molecule has 0 N–H and O–H groups in total. The van der Waals surface area contributed by atoms with Crippen molar-refractivity contribution in [1.29, 1.82) is 0 Å². The quantitative estimate of drug-likeness (QED) is 0.244. The Morgan fingerprint density at radius 2 is 1.63 bits per heavy atom. The van der Waals surface area contributed by atoms with Crippen molar-refractivity contribution >= 4 is 49.8 Å². The summed E-state index contributed by atoms with van der Waals surface area (Å²) in [6.45, 7) is 6.88. The van der Waals surface area contributed by atoms with Crippen LogP contribution in [0.1, 0.15) is 86.8 Å². The summed E-state index contributed by atoms with van der Waals surface area (Å²) in [5, 5.41) is 0. The molecule has 222 valence electrons. The van der Waals surface area contributed by atoms with E-state index in [1.807, 2.05) is 6.92 Å². The number of furan rings is 2. The molecular weight excluding hydrogens is 664 g/mol. The molecule has 2 saturated carbocycles. The summed E-state index contributed by atoms with van der Waals surface area (Å²) < 4.78 is 36.3. The Labute approximate surface area is 255 Å². The predicted octanol–water partition coefficient (Wildman–Crippen LogP) is 6.87. The highest BCUT2D eigenvalue weighted by molar-refractivity contribution is 9.10. The van der Waals surface area contributed by atoms with Crippen molar-refractivity contribution in [2.45, 2.75) is 83.0 Å². The van der Waals surface area contributed by atoms with Crippen LogP contribution in [-0.4, -0.2) is 48.4 Å². The first-order valence-electron chi connectivity index (χ1n) is 14.1. The number of hydrogen-bond donors (Lipinski definition) is 0. The van der Waals surface area contributed by atoms with Gasteiger partial charge in [0.2, 0.25) is 11.5 Å². The third kappa shape index (κ3) is 4.70. The fourth-order valence-electron chi connectivity index (χ4n) is 8.42. The third-order valence-electron chi connectivity index (χ3n) is 10.5. The Hall–Kier alpha value is -2.11. The summed E-state index contributed by atoms with van der Waals surface area (Å²) in [6.07, 6.45) is 4.37. The molecule has 4 heterocycles. The zero-order valence-electron chi connectivity index (χ0n) is 23.3. The molecule has 9 nitrogen and oxygen atoms in total. The number of rotatable bonds is 5. The molecule has 2 aliphatic carbocycles. The van der Waals surface area contributed by atoms with Crippen LogP contribution in [-0.2, 0) is 23.7 Å². The number of esters is 3. The average Bonchev–Trinajstić information content (AvgIpc) is 3.72. The molecule has 2 aliphatic heterocycles. The van der Waals surface area contributed by atoms with Gasteiger partial charge in [-0.3, -0.25) is 4.79 Å². The summed E-state index contributed by atoms with van der Waals surface area (Å²) in [5.74, 6) is -0.918. The van der Waals surface area contributed by atoms with Crippen molar-refractivity contribution in [3.63, 3.8) is 0 Å². The minimum atomic E-state index is -0.736. The van der Waals surface area contributed by atoms with E-state index in [1.165, 1.54) is 0 Å². The molecular formula is C30H34Br2O9. The number of cyclic esters (lactones) is 1. The molecule has 0 radical (unpaired) electrons. The van der Waals surface area contributed by atoms with Gasteiger partial charge in [0.05, 0.1) is 12.0 Å². The third-order valence-corrected chi connectivity index (χ3v) is 11.4. The van der Waals surface area contributed by atoms with E-state index in [4.69, 9.17) is 27.8 Å². The van der Waals surface area contributed by atoms with Crippen LogP contribution in [0.15, 0.2) is 42.4 Å². The summed E-state index contributed by atoms with van der Waals surface area (Å²) in [7, 11) is 0. The lowest BCUT2D eigenvalue weighted by Crippen LogP contribution is -2.67. The van der Waals surface area contributed by atoms with Crippen molar-refractivity contribution in [2.75, 3.05) is 13.2 Å². The number of carbonyl (C=O) groups is 3. The zero-order chi connectivity index (χ0) is 29.2. The van der Waals surface area contributed by atoms with Crippen LogP contribution in [0.3, 0.4) is 0 Å². The van der Waals surface area contributed by atoms with Gasteiger partial charge in [-0.15, -0.1) is 0 Å². The largest absolute Gasteiger partial charge is 0.463 e. The topological polar surface area (TPSA) is 114 Å². The average molecular weight is 698 g/mol. The van der Waals surface area contributed by atoms with Crippen molar-refractivity contribution < 1.29 is 42.2 Å². The number of hydrogen-bond acceptors (Lipinski definition) is 9. The van der Waals surface area contributed by atoms with Gasteiger partial charge in [0, 0.05) is 10.8 Å². The van der Waals surface area contributed by atoms with E-state index < -0.39 is 34.7 Å². The van der Waals surface area contributed by atoms with E-state index in [0.29, 0.717) is 15.8 Å². The number of fused-ring (bicyclic) bond motifs is 2. The van der Waals surface area contributed by atoms with Gasteiger partial charge >= 0.3 is 17.9 Å². The minimum absolute atomic E-state index is 0.00889. The van der Waals surface area contributed by atoms with Crippen LogP contribution in [0.25, 0.3) is 0 Å². The van der Waals surface area contributed by atoms with E-state index in [9.17, 15) is 14.4 Å². The first-order chi connectivity index (χ1) is 19.4. The van der Waals surface area contributed by atoms with Gasteiger partial charge in [-0.1, -0.05) is 20.8 Å². The van der Waals surface area contributed by atoms with E-state index >= 15 is 0 Å². The maximum Gasteiger partial charge on any atom is 0.374 e. The summed E-state index contributed by atoms with van der Waals surface area (Å²) in [4.78, 5) is 38.3. The van der Waals surface area contributed by atoms with Crippen molar-refractivity contribution in [3.05, 3.63) is 45.1 Å². The molecule has 2 spiro atoms. The fourth-order valence-corrected chi connectivity index (χ4v) is 9.04. The predicted molar refractivity (Wildman–Crippen MR) is 151 cm³/mol. The highest BCUT2D eigenvalue weighted by Crippen LogP contribution is 2.68. The maximum absolute atomic E-state index is 13.2. The Balaban J connectivity index is 1.33. The van der Waals surface area contributed by atoms with Crippen LogP contribution >= 0.6 is 31.9 Å². The second kappa shape index (κ2) is 10.3. The Kier molecular flexibility index (Phi) is 7.25. The van der Waals surface area contributed by atoms with Gasteiger partial charge in [-0.2, -0.15) is 0 Å². The van der Waals surface area contributed by atoms with Crippen molar-refractivity contribution in [2.24, 2.45) is 22.7 Å².